The van der Waals surface area contributed by atoms with Crippen LogP contribution in [0.1, 0.15) is 5.56 Å². The number of nitrogens with zero attached hydrogens (tertiary/aromatic N) is 3. The number of halogens is 1. The van der Waals surface area contributed by atoms with Gasteiger partial charge in [-0.25, -0.2) is 15.0 Å². The van der Waals surface area contributed by atoms with E-state index in [0.29, 0.717) is 5.15 Å². The number of aromatic nitrogens is 2. The Kier molecular flexibility index (Phi) is 3.35. The summed E-state index contributed by atoms with van der Waals surface area (Å²) >= 11 is 5.90. The second-order valence-electron chi connectivity index (χ2n) is 3.35. The normalized spacial score (nSPS) is 17.7. The first-order valence-corrected chi connectivity index (χ1v) is 5.21. The van der Waals surface area contributed by atoms with Gasteiger partial charge in [0.15, 0.2) is 0 Å². The van der Waals surface area contributed by atoms with Crippen LogP contribution in [-0.4, -0.2) is 41.3 Å². The zero-order valence-corrected chi connectivity index (χ0v) is 9.29. The SMILES string of the molecule is Cc1c(Cl)ncnc1NN1CCOCC1. The standard InChI is InChI=1S/C9H13ClN4O/c1-7-8(10)11-6-12-9(7)13-14-2-4-15-5-3-14/h6H,2-5H2,1H3,(H,11,12,13). The molecule has 0 aromatic carbocycles. The molecule has 6 heteroatoms. The quantitative estimate of drug-likeness (QED) is 0.769. The molecule has 5 nitrogen and oxygen atoms in total. The van der Waals surface area contributed by atoms with Gasteiger partial charge in [0, 0.05) is 18.7 Å². The van der Waals surface area contributed by atoms with Crippen LogP contribution in [0, 0.1) is 6.92 Å². The molecule has 0 atom stereocenters. The lowest BCUT2D eigenvalue weighted by Gasteiger charge is -2.27. The number of anilines is 1. The van der Waals surface area contributed by atoms with Crippen molar-refractivity contribution < 1.29 is 4.74 Å². The van der Waals surface area contributed by atoms with Crippen molar-refractivity contribution in [1.82, 2.24) is 15.0 Å². The number of hydrogen-bond acceptors (Lipinski definition) is 5. The topological polar surface area (TPSA) is 50.3 Å². The van der Waals surface area contributed by atoms with E-state index in [4.69, 9.17) is 16.3 Å². The van der Waals surface area contributed by atoms with Crippen molar-refractivity contribution in [3.8, 4) is 0 Å². The van der Waals surface area contributed by atoms with E-state index in [9.17, 15) is 0 Å². The second kappa shape index (κ2) is 4.74. The van der Waals surface area contributed by atoms with Crippen molar-refractivity contribution in [3.63, 3.8) is 0 Å². The van der Waals surface area contributed by atoms with Crippen molar-refractivity contribution >= 4 is 17.4 Å². The maximum atomic E-state index is 5.90. The predicted octanol–water partition coefficient (Wildman–Crippen LogP) is 1.10. The molecule has 0 amide bonds. The van der Waals surface area contributed by atoms with Crippen molar-refractivity contribution in [2.45, 2.75) is 6.92 Å². The molecule has 1 aromatic rings. The van der Waals surface area contributed by atoms with Gasteiger partial charge in [-0.15, -0.1) is 0 Å². The van der Waals surface area contributed by atoms with E-state index in [0.717, 1.165) is 37.7 Å². The Labute approximate surface area is 93.4 Å². The van der Waals surface area contributed by atoms with Crippen LogP contribution in [0.15, 0.2) is 6.33 Å². The van der Waals surface area contributed by atoms with Crippen LogP contribution in [0.3, 0.4) is 0 Å². The summed E-state index contributed by atoms with van der Waals surface area (Å²) in [4.78, 5) is 8.05. The monoisotopic (exact) mass is 228 g/mol. The molecule has 0 bridgehead atoms. The average Bonchev–Trinajstić information content (AvgIpc) is 2.26. The van der Waals surface area contributed by atoms with E-state index >= 15 is 0 Å². The third-order valence-electron chi connectivity index (χ3n) is 2.30. The molecule has 2 heterocycles. The number of hydrogen-bond donors (Lipinski definition) is 1. The number of morpholine rings is 1. The Hall–Kier alpha value is -0.910. The molecule has 1 fully saturated rings. The lowest BCUT2D eigenvalue weighted by Crippen LogP contribution is -2.40. The lowest BCUT2D eigenvalue weighted by molar-refractivity contribution is 0.0494. The second-order valence-corrected chi connectivity index (χ2v) is 3.71. The molecule has 15 heavy (non-hydrogen) atoms. The van der Waals surface area contributed by atoms with E-state index in [2.05, 4.69) is 20.4 Å². The third kappa shape index (κ3) is 2.56. The molecule has 0 unspecified atom stereocenters. The average molecular weight is 229 g/mol. The predicted molar refractivity (Wildman–Crippen MR) is 57.8 cm³/mol. The van der Waals surface area contributed by atoms with Gasteiger partial charge in [-0.1, -0.05) is 11.6 Å². The van der Waals surface area contributed by atoms with Crippen LogP contribution in [-0.2, 0) is 4.74 Å². The van der Waals surface area contributed by atoms with Crippen LogP contribution < -0.4 is 5.43 Å². The highest BCUT2D eigenvalue weighted by Crippen LogP contribution is 2.18. The van der Waals surface area contributed by atoms with Gasteiger partial charge in [0.05, 0.1) is 13.2 Å². The number of ether oxygens (including phenoxy) is 1. The minimum atomic E-state index is 0.487. The summed E-state index contributed by atoms with van der Waals surface area (Å²) in [6.45, 7) is 5.07. The molecular weight excluding hydrogens is 216 g/mol. The maximum Gasteiger partial charge on any atom is 0.148 e. The smallest absolute Gasteiger partial charge is 0.148 e. The molecule has 1 aliphatic heterocycles. The zero-order valence-electron chi connectivity index (χ0n) is 8.53. The van der Waals surface area contributed by atoms with Crippen LogP contribution in [0.25, 0.3) is 0 Å². The Morgan fingerprint density at radius 1 is 1.40 bits per heavy atom. The minimum absolute atomic E-state index is 0.487. The number of rotatable bonds is 2. The Morgan fingerprint density at radius 3 is 2.87 bits per heavy atom. The van der Waals surface area contributed by atoms with Crippen molar-refractivity contribution in [2.24, 2.45) is 0 Å². The highest BCUT2D eigenvalue weighted by Gasteiger charge is 2.12. The summed E-state index contributed by atoms with van der Waals surface area (Å²) < 4.78 is 5.25. The van der Waals surface area contributed by atoms with Gasteiger partial charge in [-0.3, -0.25) is 0 Å². The molecule has 1 N–H and O–H groups in total. The number of hydrazine groups is 1. The van der Waals surface area contributed by atoms with Crippen molar-refractivity contribution in [3.05, 3.63) is 17.0 Å². The third-order valence-corrected chi connectivity index (χ3v) is 2.68. The van der Waals surface area contributed by atoms with Crippen LogP contribution >= 0.6 is 11.6 Å². The summed E-state index contributed by atoms with van der Waals surface area (Å²) in [7, 11) is 0. The van der Waals surface area contributed by atoms with Crippen LogP contribution in [0.4, 0.5) is 5.82 Å². The first-order chi connectivity index (χ1) is 7.27. The minimum Gasteiger partial charge on any atom is -0.379 e. The lowest BCUT2D eigenvalue weighted by atomic mass is 10.3. The summed E-state index contributed by atoms with van der Waals surface area (Å²) in [5, 5.41) is 2.55. The van der Waals surface area contributed by atoms with Gasteiger partial charge < -0.3 is 10.2 Å². The Morgan fingerprint density at radius 2 is 2.13 bits per heavy atom. The molecule has 2 rings (SSSR count). The van der Waals surface area contributed by atoms with E-state index in [1.165, 1.54) is 6.33 Å². The van der Waals surface area contributed by atoms with Crippen molar-refractivity contribution in [2.75, 3.05) is 31.7 Å². The molecule has 0 radical (unpaired) electrons. The largest absolute Gasteiger partial charge is 0.379 e. The van der Waals surface area contributed by atoms with E-state index in [1.807, 2.05) is 6.92 Å². The summed E-state index contributed by atoms with van der Waals surface area (Å²) in [5.41, 5.74) is 4.07. The Bertz CT molecular complexity index is 341. The molecule has 82 valence electrons. The number of nitrogens with one attached hydrogen (secondary N) is 1. The fraction of sp³-hybridized carbons (Fsp3) is 0.556. The molecule has 1 saturated heterocycles. The highest BCUT2D eigenvalue weighted by molar-refractivity contribution is 6.30. The Balaban J connectivity index is 2.06. The first-order valence-electron chi connectivity index (χ1n) is 4.84. The molecule has 0 saturated carbocycles. The fourth-order valence-corrected chi connectivity index (χ4v) is 1.50. The van der Waals surface area contributed by atoms with Gasteiger partial charge in [0.25, 0.3) is 0 Å². The van der Waals surface area contributed by atoms with E-state index < -0.39 is 0 Å². The summed E-state index contributed by atoms with van der Waals surface area (Å²) in [6.07, 6.45) is 1.46. The molecule has 1 aliphatic rings. The van der Waals surface area contributed by atoms with Gasteiger partial charge in [0.2, 0.25) is 0 Å². The van der Waals surface area contributed by atoms with E-state index in [-0.39, 0.29) is 0 Å². The molecule has 1 aromatic heterocycles. The van der Waals surface area contributed by atoms with Crippen LogP contribution in [0.5, 0.6) is 0 Å². The van der Waals surface area contributed by atoms with Crippen molar-refractivity contribution in [1.29, 1.82) is 0 Å². The van der Waals surface area contributed by atoms with Gasteiger partial charge in [0.1, 0.15) is 17.3 Å². The first kappa shape index (κ1) is 10.6. The van der Waals surface area contributed by atoms with Crippen LogP contribution in [0.2, 0.25) is 5.15 Å². The molecular formula is C9H13ClN4O. The summed E-state index contributed by atoms with van der Waals surface area (Å²) in [5.74, 6) is 0.761. The maximum absolute atomic E-state index is 5.90. The van der Waals surface area contributed by atoms with E-state index in [1.54, 1.807) is 0 Å². The van der Waals surface area contributed by atoms with Gasteiger partial charge in [-0.2, -0.15) is 0 Å². The zero-order chi connectivity index (χ0) is 10.7. The van der Waals surface area contributed by atoms with Gasteiger partial charge in [-0.05, 0) is 6.92 Å². The molecule has 0 aliphatic carbocycles. The van der Waals surface area contributed by atoms with Gasteiger partial charge >= 0.3 is 0 Å². The fourth-order valence-electron chi connectivity index (χ4n) is 1.37. The summed E-state index contributed by atoms with van der Waals surface area (Å²) in [6, 6.07) is 0. The highest BCUT2D eigenvalue weighted by atomic mass is 35.5. The molecule has 0 spiro atoms.